The summed E-state index contributed by atoms with van der Waals surface area (Å²) in [7, 11) is 1.68. The van der Waals surface area contributed by atoms with E-state index in [0.29, 0.717) is 45.8 Å². The number of thioether (sulfide) groups is 1. The highest BCUT2D eigenvalue weighted by atomic mass is 32.2. The number of carbonyl (C=O) groups is 1. The molecule has 3 rings (SSSR count). The summed E-state index contributed by atoms with van der Waals surface area (Å²) in [6.45, 7) is 9.77. The van der Waals surface area contributed by atoms with Crippen LogP contribution in [0.25, 0.3) is 6.08 Å². The van der Waals surface area contributed by atoms with Crippen LogP contribution >= 0.6 is 24.0 Å². The van der Waals surface area contributed by atoms with Crippen LogP contribution in [-0.2, 0) is 16.6 Å². The molecule has 33 heavy (non-hydrogen) atoms. The molecule has 2 saturated heterocycles. The number of ether oxygens (including phenoxy) is 1. The minimum atomic E-state index is -0.336. The van der Waals surface area contributed by atoms with Crippen molar-refractivity contribution >= 4 is 46.1 Å². The summed E-state index contributed by atoms with van der Waals surface area (Å²) in [4.78, 5) is 30.4. The van der Waals surface area contributed by atoms with Crippen LogP contribution in [0.4, 0.5) is 5.82 Å². The Hall–Kier alpha value is -2.15. The second kappa shape index (κ2) is 10.9. The van der Waals surface area contributed by atoms with Crippen molar-refractivity contribution in [2.45, 2.75) is 65.6 Å². The van der Waals surface area contributed by atoms with Gasteiger partial charge in [0.05, 0.1) is 17.1 Å². The third-order valence-corrected chi connectivity index (χ3v) is 7.45. The van der Waals surface area contributed by atoms with Gasteiger partial charge in [0.2, 0.25) is 0 Å². The smallest absolute Gasteiger partial charge is 0.270 e. The predicted molar refractivity (Wildman–Crippen MR) is 137 cm³/mol. The van der Waals surface area contributed by atoms with Gasteiger partial charge in [-0.25, -0.2) is 0 Å². The van der Waals surface area contributed by atoms with E-state index in [0.717, 1.165) is 25.7 Å². The zero-order valence-electron chi connectivity index (χ0n) is 20.0. The van der Waals surface area contributed by atoms with Gasteiger partial charge in [-0.2, -0.15) is 5.26 Å². The normalized spacial score (nSPS) is 22.4. The van der Waals surface area contributed by atoms with E-state index in [2.05, 4.69) is 17.9 Å². The first-order valence-electron chi connectivity index (χ1n) is 11.5. The average Bonchev–Trinajstić information content (AvgIpc) is 3.02. The summed E-state index contributed by atoms with van der Waals surface area (Å²) < 4.78 is 7.96. The highest BCUT2D eigenvalue weighted by molar-refractivity contribution is 8.26. The van der Waals surface area contributed by atoms with Gasteiger partial charge in [0.1, 0.15) is 21.8 Å². The SMILES string of the molecule is CCCCCCN1C(=O)/C(=C/c2c(C)c(C#N)c(=O)n(C)c2N2CC(C)OC(C)C2)SC1=S. The lowest BCUT2D eigenvalue weighted by atomic mass is 10.0. The molecule has 0 aliphatic carbocycles. The molecule has 178 valence electrons. The van der Waals surface area contributed by atoms with E-state index < -0.39 is 0 Å². The maximum atomic E-state index is 13.2. The van der Waals surface area contributed by atoms with Crippen molar-refractivity contribution in [2.75, 3.05) is 24.5 Å². The molecular formula is C24H32N4O3S2. The van der Waals surface area contributed by atoms with Gasteiger partial charge < -0.3 is 9.64 Å². The molecule has 1 aromatic rings. The van der Waals surface area contributed by atoms with Crippen molar-refractivity contribution in [3.8, 4) is 6.07 Å². The molecule has 2 unspecified atom stereocenters. The Kier molecular flexibility index (Phi) is 8.38. The number of amides is 1. The van der Waals surface area contributed by atoms with Crippen LogP contribution in [0, 0.1) is 18.3 Å². The first-order chi connectivity index (χ1) is 15.7. The van der Waals surface area contributed by atoms with Gasteiger partial charge >= 0.3 is 0 Å². The number of unbranched alkanes of at least 4 members (excludes halogenated alkanes) is 3. The fraction of sp³-hybridized carbons (Fsp3) is 0.583. The van der Waals surface area contributed by atoms with Crippen LogP contribution in [0.15, 0.2) is 9.70 Å². The van der Waals surface area contributed by atoms with E-state index in [-0.39, 0.29) is 29.2 Å². The molecule has 1 aromatic heterocycles. The number of aromatic nitrogens is 1. The molecule has 9 heteroatoms. The maximum Gasteiger partial charge on any atom is 0.270 e. The molecule has 0 radical (unpaired) electrons. The van der Waals surface area contributed by atoms with Crippen LogP contribution < -0.4 is 10.5 Å². The second-order valence-electron chi connectivity index (χ2n) is 8.77. The van der Waals surface area contributed by atoms with Gasteiger partial charge in [0.15, 0.2) is 0 Å². The van der Waals surface area contributed by atoms with Crippen LogP contribution in [0.2, 0.25) is 0 Å². The number of hydrogen-bond donors (Lipinski definition) is 0. The Balaban J connectivity index is 2.05. The van der Waals surface area contributed by atoms with Gasteiger partial charge in [-0.15, -0.1) is 0 Å². The lowest BCUT2D eigenvalue weighted by Gasteiger charge is -2.38. The molecule has 2 aliphatic heterocycles. The molecule has 0 saturated carbocycles. The van der Waals surface area contributed by atoms with Gasteiger partial charge in [-0.1, -0.05) is 50.2 Å². The van der Waals surface area contributed by atoms with Crippen LogP contribution in [0.1, 0.15) is 63.1 Å². The largest absolute Gasteiger partial charge is 0.372 e. The van der Waals surface area contributed by atoms with Crippen LogP contribution in [0.5, 0.6) is 0 Å². The Bertz CT molecular complexity index is 1060. The zero-order chi connectivity index (χ0) is 24.3. The number of anilines is 1. The quantitative estimate of drug-likeness (QED) is 0.327. The standard InChI is InChI=1S/C24H32N4O3S2/c1-6-7-8-9-10-28-23(30)20(33-24(28)32)11-18-17(4)19(12-25)22(29)26(5)21(18)27-13-15(2)31-16(3)14-27/h11,15-16H,6-10,13-14H2,1-5H3/b20-11-. The first kappa shape index (κ1) is 25.5. The molecule has 3 heterocycles. The Labute approximate surface area is 205 Å². The lowest BCUT2D eigenvalue weighted by Crippen LogP contribution is -2.47. The third-order valence-electron chi connectivity index (χ3n) is 6.07. The first-order valence-corrected chi connectivity index (χ1v) is 12.7. The Morgan fingerprint density at radius 2 is 1.88 bits per heavy atom. The van der Waals surface area contributed by atoms with Crippen LogP contribution in [0.3, 0.4) is 0 Å². The van der Waals surface area contributed by atoms with E-state index in [1.165, 1.54) is 16.3 Å². The van der Waals surface area contributed by atoms with Crippen molar-refractivity contribution in [2.24, 2.45) is 7.05 Å². The van der Waals surface area contributed by atoms with Gasteiger partial charge in [0, 0.05) is 32.2 Å². The van der Waals surface area contributed by atoms with Gasteiger partial charge in [-0.3, -0.25) is 19.1 Å². The lowest BCUT2D eigenvalue weighted by molar-refractivity contribution is -0.122. The number of rotatable bonds is 7. The van der Waals surface area contributed by atoms with Crippen molar-refractivity contribution in [1.29, 1.82) is 5.26 Å². The molecule has 2 atom stereocenters. The van der Waals surface area contributed by atoms with E-state index >= 15 is 0 Å². The molecule has 2 fully saturated rings. The van der Waals surface area contributed by atoms with Gasteiger partial charge in [0.25, 0.3) is 11.5 Å². The van der Waals surface area contributed by atoms with Gasteiger partial charge in [-0.05, 0) is 38.8 Å². The number of pyridine rings is 1. The summed E-state index contributed by atoms with van der Waals surface area (Å²) in [6, 6.07) is 2.05. The average molecular weight is 489 g/mol. The molecular weight excluding hydrogens is 456 g/mol. The molecule has 0 N–H and O–H groups in total. The second-order valence-corrected chi connectivity index (χ2v) is 10.4. The number of nitriles is 1. The minimum absolute atomic E-state index is 0.00557. The summed E-state index contributed by atoms with van der Waals surface area (Å²) >= 11 is 6.78. The highest BCUT2D eigenvalue weighted by Crippen LogP contribution is 2.36. The fourth-order valence-corrected chi connectivity index (χ4v) is 5.76. The van der Waals surface area contributed by atoms with Crippen molar-refractivity contribution < 1.29 is 9.53 Å². The fourth-order valence-electron chi connectivity index (χ4n) is 4.47. The number of carbonyl (C=O) groups excluding carboxylic acids is 1. The molecule has 1 amide bonds. The zero-order valence-corrected chi connectivity index (χ0v) is 21.6. The third kappa shape index (κ3) is 5.34. The topological polar surface area (TPSA) is 78.6 Å². The Morgan fingerprint density at radius 1 is 1.21 bits per heavy atom. The molecule has 0 bridgehead atoms. The van der Waals surface area contributed by atoms with Crippen molar-refractivity contribution in [3.05, 3.63) is 31.9 Å². The van der Waals surface area contributed by atoms with E-state index in [1.807, 2.05) is 13.8 Å². The summed E-state index contributed by atoms with van der Waals surface area (Å²) in [5.41, 5.74) is 1.05. The summed E-state index contributed by atoms with van der Waals surface area (Å²) in [6.07, 6.45) is 6.05. The predicted octanol–water partition coefficient (Wildman–Crippen LogP) is 3.96. The van der Waals surface area contributed by atoms with Crippen LogP contribution in [-0.4, -0.2) is 51.5 Å². The van der Waals surface area contributed by atoms with E-state index in [1.54, 1.807) is 24.9 Å². The summed E-state index contributed by atoms with van der Waals surface area (Å²) in [5.74, 6) is 0.592. The van der Waals surface area contributed by atoms with Crippen molar-refractivity contribution in [3.63, 3.8) is 0 Å². The molecule has 2 aliphatic rings. The minimum Gasteiger partial charge on any atom is -0.372 e. The van der Waals surface area contributed by atoms with E-state index in [9.17, 15) is 14.9 Å². The van der Waals surface area contributed by atoms with E-state index in [4.69, 9.17) is 17.0 Å². The number of thiocarbonyl (C=S) groups is 1. The monoisotopic (exact) mass is 488 g/mol. The number of morpholine rings is 1. The Morgan fingerprint density at radius 3 is 2.48 bits per heavy atom. The number of hydrogen-bond acceptors (Lipinski definition) is 7. The molecule has 0 aromatic carbocycles. The highest BCUT2D eigenvalue weighted by Gasteiger charge is 2.33. The number of nitrogens with zero attached hydrogens (tertiary/aromatic N) is 4. The molecule has 0 spiro atoms. The summed E-state index contributed by atoms with van der Waals surface area (Å²) in [5, 5.41) is 9.65. The molecule has 7 nitrogen and oxygen atoms in total. The maximum absolute atomic E-state index is 13.2. The van der Waals surface area contributed by atoms with Crippen molar-refractivity contribution in [1.82, 2.24) is 9.47 Å².